The second-order valence-corrected chi connectivity index (χ2v) is 5.87. The topological polar surface area (TPSA) is 67.5 Å². The zero-order valence-electron chi connectivity index (χ0n) is 10.3. The summed E-state index contributed by atoms with van der Waals surface area (Å²) in [5, 5.41) is 20.7. The highest BCUT2D eigenvalue weighted by Crippen LogP contribution is 2.36. The number of hydrogen-bond donors (Lipinski definition) is 2. The number of halogens is 3. The lowest BCUT2D eigenvalue weighted by molar-refractivity contribution is -0.0294. The minimum Gasteiger partial charge on any atom is -0.388 e. The summed E-state index contributed by atoms with van der Waals surface area (Å²) in [4.78, 5) is 4.16. The van der Waals surface area contributed by atoms with Gasteiger partial charge in [-0.3, -0.25) is 4.57 Å². The van der Waals surface area contributed by atoms with Crippen LogP contribution in [0, 0.1) is 0 Å². The van der Waals surface area contributed by atoms with Crippen molar-refractivity contribution < 1.29 is 14.9 Å². The van der Waals surface area contributed by atoms with E-state index in [2.05, 4.69) is 4.98 Å². The average Bonchev–Trinajstić information content (AvgIpc) is 2.81. The van der Waals surface area contributed by atoms with Crippen molar-refractivity contribution in [3.8, 4) is 0 Å². The molecular formula is C12H11Cl3N2O3. The molecular weight excluding hydrogens is 327 g/mol. The number of aliphatic hydroxyl groups is 2. The van der Waals surface area contributed by atoms with Crippen LogP contribution in [0.3, 0.4) is 0 Å². The number of aromatic nitrogens is 2. The van der Waals surface area contributed by atoms with Gasteiger partial charge in [0.25, 0.3) is 0 Å². The molecule has 0 bridgehead atoms. The van der Waals surface area contributed by atoms with Crippen LogP contribution in [0.1, 0.15) is 13.2 Å². The summed E-state index contributed by atoms with van der Waals surface area (Å²) in [5.41, 5.74) is 1.11. The van der Waals surface area contributed by atoms with Crippen LogP contribution in [-0.4, -0.2) is 38.1 Å². The van der Waals surface area contributed by atoms with Crippen LogP contribution in [-0.2, 0) is 4.74 Å². The highest BCUT2D eigenvalue weighted by molar-refractivity contribution is 6.42. The monoisotopic (exact) mass is 336 g/mol. The summed E-state index contributed by atoms with van der Waals surface area (Å²) in [6.45, 7) is 1.67. The van der Waals surface area contributed by atoms with Gasteiger partial charge in [-0.1, -0.05) is 23.2 Å². The first-order chi connectivity index (χ1) is 9.40. The molecule has 8 heteroatoms. The average molecular weight is 338 g/mol. The Balaban J connectivity index is 2.17. The first-order valence-electron chi connectivity index (χ1n) is 5.94. The summed E-state index contributed by atoms with van der Waals surface area (Å²) in [6, 6.07) is 3.19. The van der Waals surface area contributed by atoms with E-state index < -0.39 is 24.5 Å². The highest BCUT2D eigenvalue weighted by Gasteiger charge is 2.42. The van der Waals surface area contributed by atoms with Gasteiger partial charge in [0.15, 0.2) is 6.23 Å². The molecule has 2 aromatic rings. The minimum absolute atomic E-state index is 0.128. The molecule has 1 fully saturated rings. The molecule has 0 saturated carbocycles. The Kier molecular flexibility index (Phi) is 3.61. The van der Waals surface area contributed by atoms with Crippen LogP contribution in [0.2, 0.25) is 15.3 Å². The second-order valence-electron chi connectivity index (χ2n) is 4.72. The highest BCUT2D eigenvalue weighted by atomic mass is 35.5. The van der Waals surface area contributed by atoms with Crippen LogP contribution in [0.5, 0.6) is 0 Å². The van der Waals surface area contributed by atoms with Crippen molar-refractivity contribution in [2.75, 3.05) is 0 Å². The van der Waals surface area contributed by atoms with E-state index in [0.29, 0.717) is 21.1 Å². The molecule has 4 atom stereocenters. The smallest absolute Gasteiger partial charge is 0.206 e. The van der Waals surface area contributed by atoms with Gasteiger partial charge in [0.2, 0.25) is 5.28 Å². The normalized spacial score (nSPS) is 30.3. The van der Waals surface area contributed by atoms with Gasteiger partial charge in [0, 0.05) is 0 Å². The lowest BCUT2D eigenvalue weighted by Crippen LogP contribution is -2.30. The second kappa shape index (κ2) is 5.02. The van der Waals surface area contributed by atoms with Crippen LogP contribution in [0.4, 0.5) is 0 Å². The number of hydrogen-bond acceptors (Lipinski definition) is 4. The van der Waals surface area contributed by atoms with Crippen molar-refractivity contribution in [3.05, 3.63) is 27.5 Å². The van der Waals surface area contributed by atoms with E-state index in [-0.39, 0.29) is 5.28 Å². The fraction of sp³-hybridized carbons (Fsp3) is 0.417. The van der Waals surface area contributed by atoms with Crippen molar-refractivity contribution >= 4 is 45.8 Å². The standard InChI is InChI=1S/C12H11Cl3N2O3/c1-4-9(18)10(19)11(20-4)17-8-3-6(14)5(13)2-7(8)16-12(17)15/h2-4,9-11,18-19H,1H3/t4-,9+,10+,11+/m1/s1. The number of nitrogens with zero attached hydrogens (tertiary/aromatic N) is 2. The molecule has 1 saturated heterocycles. The Morgan fingerprint density at radius 3 is 2.40 bits per heavy atom. The van der Waals surface area contributed by atoms with Gasteiger partial charge in [-0.25, -0.2) is 4.98 Å². The number of fused-ring (bicyclic) bond motifs is 1. The fourth-order valence-corrected chi connectivity index (χ4v) is 2.94. The summed E-state index contributed by atoms with van der Waals surface area (Å²) in [5.74, 6) is 0. The van der Waals surface area contributed by atoms with Crippen molar-refractivity contribution in [3.63, 3.8) is 0 Å². The third-order valence-electron chi connectivity index (χ3n) is 3.42. The molecule has 5 nitrogen and oxygen atoms in total. The van der Waals surface area contributed by atoms with E-state index >= 15 is 0 Å². The van der Waals surface area contributed by atoms with E-state index in [4.69, 9.17) is 39.5 Å². The number of aliphatic hydroxyl groups excluding tert-OH is 2. The summed E-state index contributed by atoms with van der Waals surface area (Å²) < 4.78 is 7.05. The van der Waals surface area contributed by atoms with Crippen LogP contribution in [0.15, 0.2) is 12.1 Å². The summed E-state index contributed by atoms with van der Waals surface area (Å²) >= 11 is 18.0. The zero-order chi connectivity index (χ0) is 14.6. The molecule has 20 heavy (non-hydrogen) atoms. The molecule has 0 spiro atoms. The molecule has 0 unspecified atom stereocenters. The molecule has 0 aliphatic carbocycles. The van der Waals surface area contributed by atoms with E-state index in [1.165, 1.54) is 4.57 Å². The molecule has 0 radical (unpaired) electrons. The molecule has 2 heterocycles. The Morgan fingerprint density at radius 2 is 1.80 bits per heavy atom. The van der Waals surface area contributed by atoms with Gasteiger partial charge < -0.3 is 14.9 Å². The third-order valence-corrected chi connectivity index (χ3v) is 4.41. The van der Waals surface area contributed by atoms with Crippen LogP contribution < -0.4 is 0 Å². The van der Waals surface area contributed by atoms with E-state index in [1.54, 1.807) is 19.1 Å². The molecule has 0 amide bonds. The maximum atomic E-state index is 10.1. The lowest BCUT2D eigenvalue weighted by atomic mass is 10.1. The summed E-state index contributed by atoms with van der Waals surface area (Å²) in [6.07, 6.45) is -3.42. The number of imidazole rings is 1. The Hall–Kier alpha value is -0.560. The van der Waals surface area contributed by atoms with Gasteiger partial charge in [0.1, 0.15) is 12.2 Å². The Bertz CT molecular complexity index is 676. The zero-order valence-corrected chi connectivity index (χ0v) is 12.6. The largest absolute Gasteiger partial charge is 0.388 e. The third kappa shape index (κ3) is 2.09. The van der Waals surface area contributed by atoms with Crippen molar-refractivity contribution in [2.45, 2.75) is 31.5 Å². The molecule has 1 aromatic carbocycles. The van der Waals surface area contributed by atoms with E-state index in [1.807, 2.05) is 0 Å². The van der Waals surface area contributed by atoms with Crippen LogP contribution >= 0.6 is 34.8 Å². The summed E-state index contributed by atoms with van der Waals surface area (Å²) in [7, 11) is 0. The first-order valence-corrected chi connectivity index (χ1v) is 7.07. The maximum absolute atomic E-state index is 10.1. The fourth-order valence-electron chi connectivity index (χ4n) is 2.34. The molecule has 3 rings (SSSR count). The SMILES string of the molecule is C[C@H]1O[C@H](n2c(Cl)nc3cc(Cl)c(Cl)cc32)[C@@H](O)[C@H]1O. The Labute approximate surface area is 129 Å². The van der Waals surface area contributed by atoms with E-state index in [0.717, 1.165) is 0 Å². The van der Waals surface area contributed by atoms with Gasteiger partial charge in [-0.05, 0) is 30.7 Å². The van der Waals surface area contributed by atoms with Crippen molar-refractivity contribution in [2.24, 2.45) is 0 Å². The molecule has 1 aromatic heterocycles. The Morgan fingerprint density at radius 1 is 1.15 bits per heavy atom. The van der Waals surface area contributed by atoms with Gasteiger partial charge in [-0.15, -0.1) is 0 Å². The number of ether oxygens (including phenoxy) is 1. The maximum Gasteiger partial charge on any atom is 0.206 e. The predicted molar refractivity (Wildman–Crippen MR) is 76.4 cm³/mol. The molecule has 1 aliphatic heterocycles. The van der Waals surface area contributed by atoms with E-state index in [9.17, 15) is 10.2 Å². The van der Waals surface area contributed by atoms with Gasteiger partial charge >= 0.3 is 0 Å². The molecule has 108 valence electrons. The van der Waals surface area contributed by atoms with Crippen molar-refractivity contribution in [1.29, 1.82) is 0 Å². The molecule has 1 aliphatic rings. The lowest BCUT2D eigenvalue weighted by Gasteiger charge is -2.18. The van der Waals surface area contributed by atoms with Gasteiger partial charge in [-0.2, -0.15) is 0 Å². The quantitative estimate of drug-likeness (QED) is 0.839. The molecule has 2 N–H and O–H groups in total. The predicted octanol–water partition coefficient (Wildman–Crippen LogP) is 2.64. The number of benzene rings is 1. The number of rotatable bonds is 1. The minimum atomic E-state index is -1.10. The van der Waals surface area contributed by atoms with Gasteiger partial charge in [0.05, 0.1) is 27.2 Å². The van der Waals surface area contributed by atoms with Crippen LogP contribution in [0.25, 0.3) is 11.0 Å². The first kappa shape index (κ1) is 14.4. The van der Waals surface area contributed by atoms with Crippen molar-refractivity contribution in [1.82, 2.24) is 9.55 Å².